The number of hydrogen-bond donors (Lipinski definition) is 3. The number of carbonyl (C=O) groups is 1. The Labute approximate surface area is 115 Å². The number of halogens is 1. The molecule has 0 radical (unpaired) electrons. The van der Waals surface area contributed by atoms with E-state index in [4.69, 9.17) is 0 Å². The molecule has 0 aliphatic carbocycles. The van der Waals surface area contributed by atoms with E-state index in [-0.39, 0.29) is 6.54 Å². The van der Waals surface area contributed by atoms with Gasteiger partial charge in [0.05, 0.1) is 5.60 Å². The van der Waals surface area contributed by atoms with E-state index in [1.54, 1.807) is 17.8 Å². The third-order valence-corrected chi connectivity index (χ3v) is 4.07. The lowest BCUT2D eigenvalue weighted by Gasteiger charge is -2.31. The van der Waals surface area contributed by atoms with E-state index in [0.29, 0.717) is 18.5 Å². The highest BCUT2D eigenvalue weighted by atomic mass is 32.2. The highest BCUT2D eigenvalue weighted by Gasteiger charge is 2.29. The highest BCUT2D eigenvalue weighted by molar-refractivity contribution is 7.99. The first kappa shape index (κ1) is 14.1. The van der Waals surface area contributed by atoms with Crippen LogP contribution in [0.3, 0.4) is 0 Å². The van der Waals surface area contributed by atoms with Crippen molar-refractivity contribution in [3.63, 3.8) is 0 Å². The van der Waals surface area contributed by atoms with Gasteiger partial charge < -0.3 is 15.7 Å². The maximum absolute atomic E-state index is 12.9. The number of thioether (sulfide) groups is 1. The number of amides is 2. The second-order valence-corrected chi connectivity index (χ2v) is 5.88. The summed E-state index contributed by atoms with van der Waals surface area (Å²) in [5.74, 6) is 1.41. The van der Waals surface area contributed by atoms with E-state index in [9.17, 15) is 14.3 Å². The molecule has 4 nitrogen and oxygen atoms in total. The molecule has 2 rings (SSSR count). The van der Waals surface area contributed by atoms with Crippen molar-refractivity contribution in [2.75, 3.05) is 23.4 Å². The topological polar surface area (TPSA) is 61.4 Å². The number of rotatable bonds is 3. The van der Waals surface area contributed by atoms with Crippen molar-refractivity contribution in [2.45, 2.75) is 18.4 Å². The van der Waals surface area contributed by atoms with Crippen molar-refractivity contribution in [3.8, 4) is 0 Å². The van der Waals surface area contributed by atoms with Crippen LogP contribution in [0, 0.1) is 5.82 Å². The van der Waals surface area contributed by atoms with Crippen molar-refractivity contribution in [1.29, 1.82) is 0 Å². The van der Waals surface area contributed by atoms with E-state index in [1.807, 2.05) is 0 Å². The van der Waals surface area contributed by atoms with E-state index < -0.39 is 17.4 Å². The van der Waals surface area contributed by atoms with E-state index in [2.05, 4.69) is 10.6 Å². The zero-order valence-electron chi connectivity index (χ0n) is 10.5. The van der Waals surface area contributed by atoms with Gasteiger partial charge in [-0.2, -0.15) is 11.8 Å². The predicted molar refractivity (Wildman–Crippen MR) is 74.9 cm³/mol. The van der Waals surface area contributed by atoms with Crippen LogP contribution in [0.2, 0.25) is 0 Å². The summed E-state index contributed by atoms with van der Waals surface area (Å²) in [6.45, 7) is 0.217. The quantitative estimate of drug-likeness (QED) is 0.797. The molecule has 1 saturated heterocycles. The fourth-order valence-corrected chi connectivity index (χ4v) is 3.17. The molecule has 1 fully saturated rings. The molecule has 0 unspecified atom stereocenters. The van der Waals surface area contributed by atoms with Crippen LogP contribution in [0.15, 0.2) is 24.3 Å². The molecule has 104 valence electrons. The zero-order valence-corrected chi connectivity index (χ0v) is 11.3. The zero-order chi connectivity index (χ0) is 13.7. The Bertz CT molecular complexity index is 450. The smallest absolute Gasteiger partial charge is 0.319 e. The molecule has 19 heavy (non-hydrogen) atoms. The van der Waals surface area contributed by atoms with E-state index in [0.717, 1.165) is 11.5 Å². The third kappa shape index (κ3) is 4.40. The molecule has 0 aromatic heterocycles. The second kappa shape index (κ2) is 6.25. The number of anilines is 1. The molecule has 0 bridgehead atoms. The van der Waals surface area contributed by atoms with Crippen LogP contribution in [0.1, 0.15) is 12.8 Å². The van der Waals surface area contributed by atoms with Crippen molar-refractivity contribution in [3.05, 3.63) is 30.1 Å². The van der Waals surface area contributed by atoms with Crippen molar-refractivity contribution in [2.24, 2.45) is 0 Å². The van der Waals surface area contributed by atoms with Crippen LogP contribution in [-0.4, -0.2) is 34.8 Å². The Morgan fingerprint density at radius 2 is 2.16 bits per heavy atom. The third-order valence-electron chi connectivity index (χ3n) is 3.08. The summed E-state index contributed by atoms with van der Waals surface area (Å²) in [4.78, 5) is 11.6. The van der Waals surface area contributed by atoms with Gasteiger partial charge in [0.15, 0.2) is 0 Å². The molecule has 1 aliphatic heterocycles. The maximum Gasteiger partial charge on any atom is 0.319 e. The van der Waals surface area contributed by atoms with Gasteiger partial charge in [0.2, 0.25) is 0 Å². The molecule has 3 N–H and O–H groups in total. The Morgan fingerprint density at radius 3 is 2.84 bits per heavy atom. The Balaban J connectivity index is 1.81. The molecule has 0 spiro atoms. The highest BCUT2D eigenvalue weighted by Crippen LogP contribution is 2.26. The van der Waals surface area contributed by atoms with Crippen LogP contribution in [-0.2, 0) is 0 Å². The molecule has 1 aliphatic rings. The van der Waals surface area contributed by atoms with Gasteiger partial charge in [0, 0.05) is 12.2 Å². The first-order valence-electron chi connectivity index (χ1n) is 6.18. The average molecular weight is 284 g/mol. The summed E-state index contributed by atoms with van der Waals surface area (Å²) in [6, 6.07) is 5.25. The van der Waals surface area contributed by atoms with Gasteiger partial charge in [-0.15, -0.1) is 0 Å². The minimum absolute atomic E-state index is 0.217. The summed E-state index contributed by atoms with van der Waals surface area (Å²) in [5.41, 5.74) is -0.423. The number of carbonyl (C=O) groups excluding carboxylic acids is 1. The lowest BCUT2D eigenvalue weighted by molar-refractivity contribution is 0.0351. The SMILES string of the molecule is O=C(NCC1(O)CCSCC1)Nc1cccc(F)c1. The molecule has 6 heteroatoms. The van der Waals surface area contributed by atoms with Crippen LogP contribution in [0.4, 0.5) is 14.9 Å². The molecular weight excluding hydrogens is 267 g/mol. The van der Waals surface area contributed by atoms with E-state index in [1.165, 1.54) is 18.2 Å². The monoisotopic (exact) mass is 284 g/mol. The fourth-order valence-electron chi connectivity index (χ4n) is 1.91. The van der Waals surface area contributed by atoms with E-state index >= 15 is 0 Å². The molecule has 1 heterocycles. The van der Waals surface area contributed by atoms with Crippen LogP contribution >= 0.6 is 11.8 Å². The van der Waals surface area contributed by atoms with Crippen LogP contribution in [0.25, 0.3) is 0 Å². The standard InChI is InChI=1S/C13H17FN2O2S/c14-10-2-1-3-11(8-10)16-12(17)15-9-13(18)4-6-19-7-5-13/h1-3,8,18H,4-7,9H2,(H2,15,16,17). The lowest BCUT2D eigenvalue weighted by Crippen LogP contribution is -2.46. The van der Waals surface area contributed by atoms with Gasteiger partial charge in [-0.1, -0.05) is 6.07 Å². The molecule has 1 aromatic rings. The van der Waals surface area contributed by atoms with Gasteiger partial charge >= 0.3 is 6.03 Å². The van der Waals surface area contributed by atoms with Crippen LogP contribution < -0.4 is 10.6 Å². The molecule has 0 saturated carbocycles. The van der Waals surface area contributed by atoms with Gasteiger partial charge in [-0.25, -0.2) is 9.18 Å². The number of urea groups is 1. The van der Waals surface area contributed by atoms with Gasteiger partial charge in [-0.3, -0.25) is 0 Å². The Kier molecular flexibility index (Phi) is 4.66. The normalized spacial score (nSPS) is 17.8. The number of nitrogens with one attached hydrogen (secondary N) is 2. The van der Waals surface area contributed by atoms with Crippen LogP contribution in [0.5, 0.6) is 0 Å². The maximum atomic E-state index is 12.9. The Morgan fingerprint density at radius 1 is 1.42 bits per heavy atom. The number of hydrogen-bond acceptors (Lipinski definition) is 3. The average Bonchev–Trinajstić information content (AvgIpc) is 2.38. The van der Waals surface area contributed by atoms with Crippen molar-refractivity contribution < 1.29 is 14.3 Å². The molecule has 1 aromatic carbocycles. The predicted octanol–water partition coefficient (Wildman–Crippen LogP) is 2.21. The first-order chi connectivity index (χ1) is 9.07. The summed E-state index contributed by atoms with van der Waals surface area (Å²) in [5, 5.41) is 15.4. The van der Waals surface area contributed by atoms with Gasteiger partial charge in [0.25, 0.3) is 0 Å². The lowest BCUT2D eigenvalue weighted by atomic mass is 9.97. The largest absolute Gasteiger partial charge is 0.388 e. The summed E-state index contributed by atoms with van der Waals surface area (Å²) < 4.78 is 12.9. The van der Waals surface area contributed by atoms with Gasteiger partial charge in [-0.05, 0) is 42.5 Å². The van der Waals surface area contributed by atoms with Crippen molar-refractivity contribution >= 4 is 23.5 Å². The van der Waals surface area contributed by atoms with Gasteiger partial charge in [0.1, 0.15) is 5.82 Å². The molecule has 2 amide bonds. The summed E-state index contributed by atoms with van der Waals surface area (Å²) >= 11 is 1.81. The number of aliphatic hydroxyl groups is 1. The number of benzene rings is 1. The molecular formula is C13H17FN2O2S. The summed E-state index contributed by atoms with van der Waals surface area (Å²) in [7, 11) is 0. The summed E-state index contributed by atoms with van der Waals surface area (Å²) in [6.07, 6.45) is 1.36. The molecule has 0 atom stereocenters. The minimum atomic E-state index is -0.815. The Hall–Kier alpha value is -1.27. The van der Waals surface area contributed by atoms with Crippen molar-refractivity contribution in [1.82, 2.24) is 5.32 Å². The minimum Gasteiger partial charge on any atom is -0.388 e. The fraction of sp³-hybridized carbons (Fsp3) is 0.462. The first-order valence-corrected chi connectivity index (χ1v) is 7.33. The second-order valence-electron chi connectivity index (χ2n) is 4.65.